The minimum absolute atomic E-state index is 0.129. The summed E-state index contributed by atoms with van der Waals surface area (Å²) in [5.41, 5.74) is 0.468. The normalized spacial score (nSPS) is 16.8. The number of hydrogen-bond donors (Lipinski definition) is 1. The van der Waals surface area contributed by atoms with Gasteiger partial charge in [0.1, 0.15) is 12.4 Å². The first-order valence-electron chi connectivity index (χ1n) is 7.82. The average Bonchev–Trinajstić information content (AvgIpc) is 2.54. The standard InChI is InChI=1S/C17H22FNO4/c1-12(10-13-4-2-3-5-15(13)18)17(22)19(11-16(20)21)14-6-8-23-9-7-14/h2-5,12,14H,6-11H2,1H3,(H,20,21). The number of carbonyl (C=O) groups excluding carboxylic acids is 1. The van der Waals surface area contributed by atoms with Crippen molar-refractivity contribution in [1.29, 1.82) is 0 Å². The predicted octanol–water partition coefficient (Wildman–Crippen LogP) is 2.10. The Bertz CT molecular complexity index is 557. The summed E-state index contributed by atoms with van der Waals surface area (Å²) in [7, 11) is 0. The molecule has 0 aliphatic carbocycles. The molecular formula is C17H22FNO4. The van der Waals surface area contributed by atoms with E-state index in [-0.39, 0.29) is 30.7 Å². The molecule has 0 saturated carbocycles. The average molecular weight is 323 g/mol. The molecule has 6 heteroatoms. The summed E-state index contributed by atoms with van der Waals surface area (Å²) in [5.74, 6) is -2.11. The highest BCUT2D eigenvalue weighted by molar-refractivity contribution is 5.83. The van der Waals surface area contributed by atoms with Crippen LogP contribution < -0.4 is 0 Å². The molecule has 1 N–H and O–H groups in total. The number of benzene rings is 1. The fourth-order valence-corrected chi connectivity index (χ4v) is 2.89. The zero-order valence-electron chi connectivity index (χ0n) is 13.2. The van der Waals surface area contributed by atoms with Gasteiger partial charge in [-0.25, -0.2) is 4.39 Å². The highest BCUT2D eigenvalue weighted by atomic mass is 19.1. The second kappa shape index (κ2) is 8.06. The van der Waals surface area contributed by atoms with E-state index in [0.717, 1.165) is 0 Å². The summed E-state index contributed by atoms with van der Waals surface area (Å²) < 4.78 is 19.0. The molecule has 1 fully saturated rings. The van der Waals surface area contributed by atoms with Gasteiger partial charge in [0.05, 0.1) is 0 Å². The maximum Gasteiger partial charge on any atom is 0.323 e. The number of nitrogens with zero attached hydrogens (tertiary/aromatic N) is 1. The molecule has 23 heavy (non-hydrogen) atoms. The van der Waals surface area contributed by atoms with Crippen molar-refractivity contribution in [3.63, 3.8) is 0 Å². The molecule has 1 heterocycles. The van der Waals surface area contributed by atoms with Crippen molar-refractivity contribution in [2.45, 2.75) is 32.2 Å². The first kappa shape index (κ1) is 17.4. The van der Waals surface area contributed by atoms with E-state index >= 15 is 0 Å². The van der Waals surface area contributed by atoms with Gasteiger partial charge in [0.2, 0.25) is 5.91 Å². The number of halogens is 1. The molecule has 0 bridgehead atoms. The topological polar surface area (TPSA) is 66.8 Å². The van der Waals surface area contributed by atoms with Crippen LogP contribution in [0.4, 0.5) is 4.39 Å². The van der Waals surface area contributed by atoms with Crippen LogP contribution in [-0.2, 0) is 20.7 Å². The van der Waals surface area contributed by atoms with Crippen molar-refractivity contribution in [1.82, 2.24) is 4.90 Å². The fraction of sp³-hybridized carbons (Fsp3) is 0.529. The van der Waals surface area contributed by atoms with E-state index < -0.39 is 11.9 Å². The maximum absolute atomic E-state index is 13.7. The molecule has 1 saturated heterocycles. The van der Waals surface area contributed by atoms with E-state index in [0.29, 0.717) is 31.6 Å². The molecule has 1 aromatic carbocycles. The Hall–Kier alpha value is -1.95. The molecule has 0 aromatic heterocycles. The van der Waals surface area contributed by atoms with Gasteiger partial charge in [-0.1, -0.05) is 25.1 Å². The number of carbonyl (C=O) groups is 2. The van der Waals surface area contributed by atoms with Gasteiger partial charge < -0.3 is 14.7 Å². The lowest BCUT2D eigenvalue weighted by atomic mass is 9.97. The molecule has 2 rings (SSSR count). The molecular weight excluding hydrogens is 301 g/mol. The van der Waals surface area contributed by atoms with E-state index in [1.165, 1.54) is 11.0 Å². The van der Waals surface area contributed by atoms with Crippen LogP contribution in [0.2, 0.25) is 0 Å². The summed E-state index contributed by atoms with van der Waals surface area (Å²) in [5, 5.41) is 9.09. The molecule has 1 aromatic rings. The number of carboxylic acid groups (broad SMARTS) is 1. The summed E-state index contributed by atoms with van der Waals surface area (Å²) in [6.45, 7) is 2.43. The lowest BCUT2D eigenvalue weighted by molar-refractivity contribution is -0.149. The summed E-state index contributed by atoms with van der Waals surface area (Å²) in [4.78, 5) is 25.2. The number of aliphatic carboxylic acids is 1. The minimum Gasteiger partial charge on any atom is -0.480 e. The van der Waals surface area contributed by atoms with Crippen LogP contribution in [0.25, 0.3) is 0 Å². The van der Waals surface area contributed by atoms with Crippen LogP contribution in [0.15, 0.2) is 24.3 Å². The number of rotatable bonds is 6. The third-order valence-electron chi connectivity index (χ3n) is 4.13. The van der Waals surface area contributed by atoms with Gasteiger partial charge in [0.15, 0.2) is 0 Å². The molecule has 1 aliphatic rings. The fourth-order valence-electron chi connectivity index (χ4n) is 2.89. The number of amides is 1. The van der Waals surface area contributed by atoms with Crippen LogP contribution in [-0.4, -0.2) is 47.7 Å². The lowest BCUT2D eigenvalue weighted by Gasteiger charge is -2.35. The van der Waals surface area contributed by atoms with Crippen LogP contribution in [0.5, 0.6) is 0 Å². The molecule has 5 nitrogen and oxygen atoms in total. The van der Waals surface area contributed by atoms with Crippen LogP contribution in [0, 0.1) is 11.7 Å². The zero-order valence-corrected chi connectivity index (χ0v) is 13.2. The summed E-state index contributed by atoms with van der Waals surface area (Å²) in [6.07, 6.45) is 1.52. The van der Waals surface area contributed by atoms with E-state index in [1.54, 1.807) is 25.1 Å². The van der Waals surface area contributed by atoms with Crippen molar-refractivity contribution in [2.24, 2.45) is 5.92 Å². The Morgan fingerprint density at radius 1 is 1.35 bits per heavy atom. The van der Waals surface area contributed by atoms with E-state index in [1.807, 2.05) is 0 Å². The third-order valence-corrected chi connectivity index (χ3v) is 4.13. The quantitative estimate of drug-likeness (QED) is 0.870. The second-order valence-corrected chi connectivity index (χ2v) is 5.90. The molecule has 1 amide bonds. The van der Waals surface area contributed by atoms with Crippen LogP contribution in [0.1, 0.15) is 25.3 Å². The SMILES string of the molecule is CC(Cc1ccccc1F)C(=O)N(CC(=O)O)C1CCOCC1. The van der Waals surface area contributed by atoms with Crippen molar-refractivity contribution < 1.29 is 23.8 Å². The van der Waals surface area contributed by atoms with Gasteiger partial charge in [0, 0.05) is 25.2 Å². The maximum atomic E-state index is 13.7. The van der Waals surface area contributed by atoms with Crippen molar-refractivity contribution >= 4 is 11.9 Å². The Balaban J connectivity index is 2.08. The number of carboxylic acids is 1. The Labute approximate surface area is 135 Å². The van der Waals surface area contributed by atoms with Crippen LogP contribution >= 0.6 is 0 Å². The second-order valence-electron chi connectivity index (χ2n) is 5.90. The lowest BCUT2D eigenvalue weighted by Crippen LogP contribution is -2.48. The number of ether oxygens (including phenoxy) is 1. The summed E-state index contributed by atoms with van der Waals surface area (Å²) >= 11 is 0. The molecule has 1 aliphatic heterocycles. The van der Waals surface area contributed by atoms with Crippen LogP contribution in [0.3, 0.4) is 0 Å². The highest BCUT2D eigenvalue weighted by Crippen LogP contribution is 2.20. The molecule has 0 spiro atoms. The Kier molecular flexibility index (Phi) is 6.10. The summed E-state index contributed by atoms with van der Waals surface area (Å²) in [6, 6.07) is 6.21. The molecule has 1 atom stereocenters. The first-order valence-corrected chi connectivity index (χ1v) is 7.82. The van der Waals surface area contributed by atoms with Gasteiger partial charge in [-0.2, -0.15) is 0 Å². The Morgan fingerprint density at radius 2 is 2.00 bits per heavy atom. The largest absolute Gasteiger partial charge is 0.480 e. The molecule has 1 unspecified atom stereocenters. The Morgan fingerprint density at radius 3 is 2.61 bits per heavy atom. The van der Waals surface area contributed by atoms with E-state index in [2.05, 4.69) is 0 Å². The zero-order chi connectivity index (χ0) is 16.8. The van der Waals surface area contributed by atoms with Gasteiger partial charge in [0.25, 0.3) is 0 Å². The van der Waals surface area contributed by atoms with Gasteiger partial charge in [-0.05, 0) is 30.9 Å². The molecule has 126 valence electrons. The minimum atomic E-state index is -1.04. The van der Waals surface area contributed by atoms with Gasteiger partial charge in [-0.3, -0.25) is 9.59 Å². The van der Waals surface area contributed by atoms with Crippen molar-refractivity contribution in [3.8, 4) is 0 Å². The van der Waals surface area contributed by atoms with Gasteiger partial charge >= 0.3 is 5.97 Å². The van der Waals surface area contributed by atoms with Crippen molar-refractivity contribution in [3.05, 3.63) is 35.6 Å². The first-order chi connectivity index (χ1) is 11.0. The number of hydrogen-bond acceptors (Lipinski definition) is 3. The highest BCUT2D eigenvalue weighted by Gasteiger charge is 2.30. The van der Waals surface area contributed by atoms with E-state index in [4.69, 9.17) is 9.84 Å². The van der Waals surface area contributed by atoms with Gasteiger partial charge in [-0.15, -0.1) is 0 Å². The third kappa shape index (κ3) is 4.76. The smallest absolute Gasteiger partial charge is 0.323 e. The monoisotopic (exact) mass is 323 g/mol. The van der Waals surface area contributed by atoms with E-state index in [9.17, 15) is 14.0 Å². The van der Waals surface area contributed by atoms with Crippen molar-refractivity contribution in [2.75, 3.05) is 19.8 Å². The predicted molar refractivity (Wildman–Crippen MR) is 82.5 cm³/mol. The molecule has 0 radical (unpaired) electrons.